The second-order valence-corrected chi connectivity index (χ2v) is 11.2. The Labute approximate surface area is 160 Å². The average Bonchev–Trinajstić information content (AvgIpc) is 3.05. The predicted molar refractivity (Wildman–Crippen MR) is 103 cm³/mol. The van der Waals surface area contributed by atoms with E-state index in [0.29, 0.717) is 11.8 Å². The summed E-state index contributed by atoms with van der Waals surface area (Å²) in [7, 11) is -6.63. The topological polar surface area (TPSA) is 136 Å². The van der Waals surface area contributed by atoms with Gasteiger partial charge < -0.3 is 9.47 Å². The van der Waals surface area contributed by atoms with Crippen molar-refractivity contribution in [1.29, 1.82) is 0 Å². The van der Waals surface area contributed by atoms with E-state index < -0.39 is 25.5 Å². The maximum atomic E-state index is 11.3. The number of hydrogen-bond acceptors (Lipinski definition) is 8. The van der Waals surface area contributed by atoms with Crippen LogP contribution in [0.15, 0.2) is 9.98 Å². The molecule has 2 aliphatic heterocycles. The molecule has 27 heavy (non-hydrogen) atoms. The van der Waals surface area contributed by atoms with E-state index in [1.165, 1.54) is 0 Å². The molecule has 10 nitrogen and oxygen atoms in total. The maximum Gasteiger partial charge on any atom is 0.208 e. The minimum absolute atomic E-state index is 0.143. The van der Waals surface area contributed by atoms with Gasteiger partial charge in [-0.25, -0.2) is 36.3 Å². The summed E-state index contributed by atoms with van der Waals surface area (Å²) in [6.07, 6.45) is 1.59. The molecule has 0 unspecified atom stereocenters. The molecule has 156 valence electrons. The van der Waals surface area contributed by atoms with Crippen LogP contribution in [0.25, 0.3) is 0 Å². The molecule has 0 spiro atoms. The lowest BCUT2D eigenvalue weighted by atomic mass is 9.93. The van der Waals surface area contributed by atoms with Crippen molar-refractivity contribution in [1.82, 2.24) is 9.44 Å². The molecule has 12 heteroatoms. The summed E-state index contributed by atoms with van der Waals surface area (Å²) in [6.45, 7) is 7.63. The van der Waals surface area contributed by atoms with Gasteiger partial charge in [0.05, 0.1) is 12.5 Å². The van der Waals surface area contributed by atoms with Crippen molar-refractivity contribution >= 4 is 31.8 Å². The first-order valence-electron chi connectivity index (χ1n) is 8.58. The van der Waals surface area contributed by atoms with Crippen LogP contribution in [0.4, 0.5) is 0 Å². The Morgan fingerprint density at radius 3 is 1.48 bits per heavy atom. The summed E-state index contributed by atoms with van der Waals surface area (Å²) in [6, 6.07) is -0.702. The van der Waals surface area contributed by atoms with Gasteiger partial charge >= 0.3 is 0 Å². The van der Waals surface area contributed by atoms with Crippen molar-refractivity contribution in [2.24, 2.45) is 15.4 Å². The zero-order valence-electron chi connectivity index (χ0n) is 16.4. The number of sulfonamides is 2. The number of nitrogens with one attached hydrogen (secondary N) is 2. The van der Waals surface area contributed by atoms with Crippen LogP contribution in [0.1, 0.15) is 27.7 Å². The van der Waals surface area contributed by atoms with Gasteiger partial charge in [0.25, 0.3) is 0 Å². The second kappa shape index (κ2) is 7.64. The lowest BCUT2D eigenvalue weighted by Gasteiger charge is -2.24. The normalized spacial score (nSPS) is 29.1. The fourth-order valence-electron chi connectivity index (χ4n) is 2.69. The zero-order valence-corrected chi connectivity index (χ0v) is 18.0. The van der Waals surface area contributed by atoms with Gasteiger partial charge in [0.1, 0.15) is 29.7 Å². The molecule has 0 saturated heterocycles. The summed E-state index contributed by atoms with van der Waals surface area (Å²) in [5, 5.41) is 0. The van der Waals surface area contributed by atoms with Gasteiger partial charge in [0, 0.05) is 13.1 Å². The number of hydrogen-bond donors (Lipinski definition) is 2. The molecule has 2 aliphatic rings. The standard InChI is InChI=1S/C15H28N4O6S2/c1-9-11(7-16-26(5,20)21)18-13(24-9)15(3,4)14-19-12(10(2)25-14)8-17-27(6,22)23/h9-12,16-17H,7-8H2,1-6H3/t9-,10-,11-,12-/m0/s1. The molecule has 0 amide bonds. The van der Waals surface area contributed by atoms with E-state index in [0.717, 1.165) is 12.5 Å². The van der Waals surface area contributed by atoms with E-state index >= 15 is 0 Å². The number of aliphatic imine (C=N–C) groups is 2. The Kier molecular flexibility index (Phi) is 6.24. The van der Waals surface area contributed by atoms with E-state index in [1.807, 2.05) is 27.7 Å². The van der Waals surface area contributed by atoms with Crippen LogP contribution in [-0.4, -0.2) is 78.5 Å². The SMILES string of the molecule is C[C@@H]1OC(C(C)(C)C2=N[C@@H](CNS(C)(=O)=O)[C@H](C)O2)=N[C@H]1CNS(C)(=O)=O. The predicted octanol–water partition coefficient (Wildman–Crippen LogP) is -0.517. The van der Waals surface area contributed by atoms with E-state index in [2.05, 4.69) is 19.4 Å². The molecule has 2 N–H and O–H groups in total. The van der Waals surface area contributed by atoms with Crippen LogP contribution < -0.4 is 9.44 Å². The highest BCUT2D eigenvalue weighted by molar-refractivity contribution is 7.89. The molecule has 0 bridgehead atoms. The first-order valence-corrected chi connectivity index (χ1v) is 12.4. The van der Waals surface area contributed by atoms with Crippen LogP contribution in [0.5, 0.6) is 0 Å². The van der Waals surface area contributed by atoms with Gasteiger partial charge in [0.2, 0.25) is 20.0 Å². The van der Waals surface area contributed by atoms with Gasteiger partial charge in [-0.05, 0) is 27.7 Å². The molecule has 0 aliphatic carbocycles. The highest BCUT2D eigenvalue weighted by Crippen LogP contribution is 2.32. The Bertz CT molecular complexity index is 766. The summed E-state index contributed by atoms with van der Waals surface area (Å²) >= 11 is 0. The monoisotopic (exact) mass is 424 g/mol. The molecule has 0 aromatic carbocycles. The van der Waals surface area contributed by atoms with Gasteiger partial charge in [-0.2, -0.15) is 0 Å². The van der Waals surface area contributed by atoms with Gasteiger partial charge in [-0.15, -0.1) is 0 Å². The number of ether oxygens (including phenoxy) is 2. The number of rotatable bonds is 8. The fourth-order valence-corrected chi connectivity index (χ4v) is 3.63. The molecule has 0 aromatic rings. The quantitative estimate of drug-likeness (QED) is 0.538. The van der Waals surface area contributed by atoms with Crippen LogP contribution in [0, 0.1) is 5.41 Å². The third kappa shape index (κ3) is 5.87. The third-order valence-electron chi connectivity index (χ3n) is 4.42. The Morgan fingerprint density at radius 2 is 1.19 bits per heavy atom. The average molecular weight is 425 g/mol. The largest absolute Gasteiger partial charge is 0.475 e. The molecule has 4 atom stereocenters. The van der Waals surface area contributed by atoms with E-state index in [9.17, 15) is 16.8 Å². The summed E-state index contributed by atoms with van der Waals surface area (Å²) in [4.78, 5) is 9.04. The fraction of sp³-hybridized carbons (Fsp3) is 0.867. The Balaban J connectivity index is 2.12. The third-order valence-corrected chi connectivity index (χ3v) is 5.81. The molecule has 0 aromatic heterocycles. The van der Waals surface area contributed by atoms with E-state index in [1.54, 1.807) is 0 Å². The highest BCUT2D eigenvalue weighted by Gasteiger charge is 2.44. The molecule has 0 radical (unpaired) electrons. The second-order valence-electron chi connectivity index (χ2n) is 7.52. The van der Waals surface area contributed by atoms with Crippen LogP contribution in [0.3, 0.4) is 0 Å². The molecular weight excluding hydrogens is 396 g/mol. The zero-order chi connectivity index (χ0) is 20.6. The van der Waals surface area contributed by atoms with E-state index in [4.69, 9.17) is 9.47 Å². The number of nitrogens with zero attached hydrogens (tertiary/aromatic N) is 2. The minimum atomic E-state index is -3.32. The highest BCUT2D eigenvalue weighted by atomic mass is 32.2. The van der Waals surface area contributed by atoms with Gasteiger partial charge in [-0.3, -0.25) is 0 Å². The van der Waals surface area contributed by atoms with Gasteiger partial charge in [-0.1, -0.05) is 0 Å². The first kappa shape index (κ1) is 22.1. The van der Waals surface area contributed by atoms with Crippen LogP contribution >= 0.6 is 0 Å². The summed E-state index contributed by atoms with van der Waals surface area (Å²) < 4.78 is 61.8. The molecular formula is C15H28N4O6S2. The maximum absolute atomic E-state index is 11.3. The molecule has 2 rings (SSSR count). The smallest absolute Gasteiger partial charge is 0.208 e. The van der Waals surface area contributed by atoms with Crippen molar-refractivity contribution in [3.05, 3.63) is 0 Å². The van der Waals surface area contributed by atoms with Crippen LogP contribution in [0.2, 0.25) is 0 Å². The molecule has 0 fully saturated rings. The van der Waals surface area contributed by atoms with Crippen molar-refractivity contribution in [2.75, 3.05) is 25.6 Å². The van der Waals surface area contributed by atoms with Gasteiger partial charge in [0.15, 0.2) is 11.8 Å². The lowest BCUT2D eigenvalue weighted by molar-refractivity contribution is 0.177. The molecule has 2 heterocycles. The lowest BCUT2D eigenvalue weighted by Crippen LogP contribution is -2.36. The molecule has 0 saturated carbocycles. The Hall–Kier alpha value is -1.24. The van der Waals surface area contributed by atoms with Crippen molar-refractivity contribution in [3.8, 4) is 0 Å². The first-order chi connectivity index (χ1) is 12.2. The van der Waals surface area contributed by atoms with Crippen molar-refractivity contribution < 1.29 is 26.3 Å². The van der Waals surface area contributed by atoms with Crippen molar-refractivity contribution in [2.45, 2.75) is 52.0 Å². The Morgan fingerprint density at radius 1 is 0.852 bits per heavy atom. The van der Waals surface area contributed by atoms with Crippen LogP contribution in [-0.2, 0) is 29.5 Å². The summed E-state index contributed by atoms with van der Waals surface area (Å²) in [5.74, 6) is 0.830. The van der Waals surface area contributed by atoms with Crippen molar-refractivity contribution in [3.63, 3.8) is 0 Å². The van der Waals surface area contributed by atoms with E-state index in [-0.39, 0.29) is 37.4 Å². The minimum Gasteiger partial charge on any atom is -0.475 e. The summed E-state index contributed by atoms with van der Waals surface area (Å²) in [5.41, 5.74) is -0.762.